The van der Waals surface area contributed by atoms with Gasteiger partial charge in [0.2, 0.25) is 0 Å². The van der Waals surface area contributed by atoms with Gasteiger partial charge in [0.25, 0.3) is 5.91 Å². The van der Waals surface area contributed by atoms with Gasteiger partial charge in [-0.15, -0.1) is 0 Å². The lowest BCUT2D eigenvalue weighted by Crippen LogP contribution is -2.41. The van der Waals surface area contributed by atoms with Crippen LogP contribution in [0.3, 0.4) is 0 Å². The number of carbonyl (C=O) groups is 1. The van der Waals surface area contributed by atoms with Crippen LogP contribution in [0.15, 0.2) is 42.5 Å². The Morgan fingerprint density at radius 1 is 1.14 bits per heavy atom. The summed E-state index contributed by atoms with van der Waals surface area (Å²) in [5.41, 5.74) is 4.05. The van der Waals surface area contributed by atoms with Crippen molar-refractivity contribution in [3.63, 3.8) is 0 Å². The molecule has 1 saturated heterocycles. The predicted octanol–water partition coefficient (Wildman–Crippen LogP) is 3.72. The first-order valence-corrected chi connectivity index (χ1v) is 10.4. The highest BCUT2D eigenvalue weighted by Crippen LogP contribution is 2.25. The van der Waals surface area contributed by atoms with Crippen molar-refractivity contribution in [3.8, 4) is 11.5 Å². The lowest BCUT2D eigenvalue weighted by atomic mass is 9.97. The SMILES string of the molecule is COc1ccccc1OCC(=O)NCC1CCCN(Cc2ccc(C)c(C)c2)C1. The number of para-hydroxylation sites is 2. The molecule has 1 fully saturated rings. The van der Waals surface area contributed by atoms with Crippen molar-refractivity contribution in [2.45, 2.75) is 33.2 Å². The van der Waals surface area contributed by atoms with E-state index in [9.17, 15) is 4.79 Å². The number of piperidine rings is 1. The van der Waals surface area contributed by atoms with Gasteiger partial charge in [-0.2, -0.15) is 0 Å². The largest absolute Gasteiger partial charge is 0.493 e. The van der Waals surface area contributed by atoms with Crippen molar-refractivity contribution < 1.29 is 14.3 Å². The summed E-state index contributed by atoms with van der Waals surface area (Å²) < 4.78 is 10.8. The van der Waals surface area contributed by atoms with E-state index in [0.717, 1.165) is 26.1 Å². The van der Waals surface area contributed by atoms with Gasteiger partial charge < -0.3 is 14.8 Å². The van der Waals surface area contributed by atoms with E-state index in [1.165, 1.54) is 23.1 Å². The summed E-state index contributed by atoms with van der Waals surface area (Å²) in [6.07, 6.45) is 2.32. The van der Waals surface area contributed by atoms with E-state index in [1.807, 2.05) is 18.2 Å². The Kier molecular flexibility index (Phi) is 7.53. The number of hydrogen-bond donors (Lipinski definition) is 1. The number of hydrogen-bond acceptors (Lipinski definition) is 4. The Balaban J connectivity index is 1.43. The number of aryl methyl sites for hydroxylation is 2. The number of carbonyl (C=O) groups excluding carboxylic acids is 1. The fraction of sp³-hybridized carbons (Fsp3) is 0.458. The van der Waals surface area contributed by atoms with Gasteiger partial charge in [-0.1, -0.05) is 30.3 Å². The van der Waals surface area contributed by atoms with Gasteiger partial charge in [-0.25, -0.2) is 0 Å². The summed E-state index contributed by atoms with van der Waals surface area (Å²) in [6.45, 7) is 8.12. The fourth-order valence-corrected chi connectivity index (χ4v) is 3.81. The second kappa shape index (κ2) is 10.3. The summed E-state index contributed by atoms with van der Waals surface area (Å²) >= 11 is 0. The van der Waals surface area contributed by atoms with Crippen LogP contribution in [0.2, 0.25) is 0 Å². The summed E-state index contributed by atoms with van der Waals surface area (Å²) in [5.74, 6) is 1.60. The summed E-state index contributed by atoms with van der Waals surface area (Å²) in [4.78, 5) is 14.7. The van der Waals surface area contributed by atoms with Crippen molar-refractivity contribution in [1.82, 2.24) is 10.2 Å². The maximum absolute atomic E-state index is 12.2. The Morgan fingerprint density at radius 2 is 1.93 bits per heavy atom. The van der Waals surface area contributed by atoms with Gasteiger partial charge in [-0.3, -0.25) is 9.69 Å². The maximum Gasteiger partial charge on any atom is 0.257 e. The quantitative estimate of drug-likeness (QED) is 0.739. The minimum Gasteiger partial charge on any atom is -0.493 e. The highest BCUT2D eigenvalue weighted by atomic mass is 16.5. The zero-order valence-electron chi connectivity index (χ0n) is 17.7. The molecule has 0 radical (unpaired) electrons. The van der Waals surface area contributed by atoms with Gasteiger partial charge in [0.1, 0.15) is 0 Å². The van der Waals surface area contributed by atoms with Crippen LogP contribution in [-0.4, -0.2) is 44.2 Å². The van der Waals surface area contributed by atoms with Gasteiger partial charge in [-0.05, 0) is 68.0 Å². The van der Waals surface area contributed by atoms with E-state index >= 15 is 0 Å². The zero-order valence-corrected chi connectivity index (χ0v) is 17.7. The molecule has 156 valence electrons. The molecule has 3 rings (SSSR count). The number of methoxy groups -OCH3 is 1. The number of likely N-dealkylation sites (tertiary alicyclic amines) is 1. The molecule has 1 N–H and O–H groups in total. The van der Waals surface area contributed by atoms with E-state index in [2.05, 4.69) is 42.3 Å². The maximum atomic E-state index is 12.2. The van der Waals surface area contributed by atoms with Gasteiger partial charge >= 0.3 is 0 Å². The van der Waals surface area contributed by atoms with Crippen LogP contribution < -0.4 is 14.8 Å². The van der Waals surface area contributed by atoms with Crippen molar-refractivity contribution >= 4 is 5.91 Å². The first kappa shape index (κ1) is 21.2. The normalized spacial score (nSPS) is 17.0. The number of nitrogens with zero attached hydrogens (tertiary/aromatic N) is 1. The molecule has 0 spiro atoms. The molecular weight excluding hydrogens is 364 g/mol. The summed E-state index contributed by atoms with van der Waals surface area (Å²) in [7, 11) is 1.59. The molecule has 1 unspecified atom stereocenters. The van der Waals surface area contributed by atoms with E-state index in [4.69, 9.17) is 9.47 Å². The molecule has 1 heterocycles. The number of nitrogens with one attached hydrogen (secondary N) is 1. The summed E-state index contributed by atoms with van der Waals surface area (Å²) in [6, 6.07) is 14.1. The lowest BCUT2D eigenvalue weighted by molar-refractivity contribution is -0.123. The van der Waals surface area contributed by atoms with Crippen molar-refractivity contribution in [1.29, 1.82) is 0 Å². The van der Waals surface area contributed by atoms with Crippen LogP contribution in [0.5, 0.6) is 11.5 Å². The Hall–Kier alpha value is -2.53. The number of amides is 1. The minimum absolute atomic E-state index is 0.000545. The molecule has 0 aliphatic carbocycles. The standard InChI is InChI=1S/C24H32N2O3/c1-18-10-11-20(13-19(18)2)15-26-12-6-7-21(16-26)14-25-24(27)17-29-23-9-5-4-8-22(23)28-3/h4-5,8-11,13,21H,6-7,12,14-17H2,1-3H3,(H,25,27). The highest BCUT2D eigenvalue weighted by Gasteiger charge is 2.20. The van der Waals surface area contributed by atoms with Crippen molar-refractivity contribution in [2.75, 3.05) is 33.4 Å². The number of benzene rings is 2. The fourth-order valence-electron chi connectivity index (χ4n) is 3.81. The monoisotopic (exact) mass is 396 g/mol. The third-order valence-corrected chi connectivity index (χ3v) is 5.60. The second-order valence-corrected chi connectivity index (χ2v) is 7.91. The molecule has 1 amide bonds. The summed E-state index contributed by atoms with van der Waals surface area (Å²) in [5, 5.41) is 3.03. The van der Waals surface area contributed by atoms with Crippen LogP contribution in [0.25, 0.3) is 0 Å². The van der Waals surface area contributed by atoms with Gasteiger partial charge in [0, 0.05) is 19.6 Å². The molecular formula is C24H32N2O3. The molecule has 1 atom stereocenters. The molecule has 29 heavy (non-hydrogen) atoms. The highest BCUT2D eigenvalue weighted by molar-refractivity contribution is 5.77. The number of ether oxygens (including phenoxy) is 2. The Bertz CT molecular complexity index is 822. The average molecular weight is 397 g/mol. The van der Waals surface area contributed by atoms with Crippen LogP contribution in [0.4, 0.5) is 0 Å². The predicted molar refractivity (Wildman–Crippen MR) is 115 cm³/mol. The third-order valence-electron chi connectivity index (χ3n) is 5.60. The molecule has 0 saturated carbocycles. The number of rotatable bonds is 8. The van der Waals surface area contributed by atoms with E-state index in [1.54, 1.807) is 13.2 Å². The average Bonchev–Trinajstić information content (AvgIpc) is 2.74. The molecule has 2 aromatic rings. The first-order chi connectivity index (χ1) is 14.0. The third kappa shape index (κ3) is 6.23. The smallest absolute Gasteiger partial charge is 0.257 e. The van der Waals surface area contributed by atoms with E-state index in [0.29, 0.717) is 24.0 Å². The molecule has 2 aromatic carbocycles. The Morgan fingerprint density at radius 3 is 2.69 bits per heavy atom. The van der Waals surface area contributed by atoms with Crippen LogP contribution in [0, 0.1) is 19.8 Å². The van der Waals surface area contributed by atoms with Gasteiger partial charge in [0.15, 0.2) is 18.1 Å². The second-order valence-electron chi connectivity index (χ2n) is 7.91. The molecule has 0 bridgehead atoms. The molecule has 5 heteroatoms. The first-order valence-electron chi connectivity index (χ1n) is 10.4. The lowest BCUT2D eigenvalue weighted by Gasteiger charge is -2.33. The van der Waals surface area contributed by atoms with Crippen molar-refractivity contribution in [3.05, 3.63) is 59.2 Å². The van der Waals surface area contributed by atoms with Crippen LogP contribution >= 0.6 is 0 Å². The molecule has 5 nitrogen and oxygen atoms in total. The Labute approximate surface area is 174 Å². The van der Waals surface area contributed by atoms with E-state index < -0.39 is 0 Å². The molecule has 1 aliphatic rings. The molecule has 0 aromatic heterocycles. The van der Waals surface area contributed by atoms with Crippen LogP contribution in [-0.2, 0) is 11.3 Å². The van der Waals surface area contributed by atoms with E-state index in [-0.39, 0.29) is 12.5 Å². The minimum atomic E-state index is -0.0952. The van der Waals surface area contributed by atoms with Crippen LogP contribution in [0.1, 0.15) is 29.5 Å². The van der Waals surface area contributed by atoms with Gasteiger partial charge in [0.05, 0.1) is 7.11 Å². The topological polar surface area (TPSA) is 50.8 Å². The molecule has 1 aliphatic heterocycles. The van der Waals surface area contributed by atoms with Crippen molar-refractivity contribution in [2.24, 2.45) is 5.92 Å². The zero-order chi connectivity index (χ0) is 20.6.